The van der Waals surface area contributed by atoms with Crippen LogP contribution in [-0.2, 0) is 6.54 Å². The molecule has 2 heterocycles. The minimum atomic E-state index is -0.292. The molecule has 0 bridgehead atoms. The van der Waals surface area contributed by atoms with Crippen molar-refractivity contribution in [2.45, 2.75) is 13.5 Å². The molecule has 23 heavy (non-hydrogen) atoms. The predicted molar refractivity (Wildman–Crippen MR) is 91.3 cm³/mol. The molecule has 1 aliphatic heterocycles. The first-order valence-electron chi connectivity index (χ1n) is 7.55. The summed E-state index contributed by atoms with van der Waals surface area (Å²) in [5.41, 5.74) is 4.91. The first-order chi connectivity index (χ1) is 11.1. The Balaban J connectivity index is 2.12. The fourth-order valence-electron chi connectivity index (χ4n) is 3.39. The highest BCUT2D eigenvalue weighted by Crippen LogP contribution is 2.42. The zero-order valence-electron chi connectivity index (χ0n) is 13.3. The lowest BCUT2D eigenvalue weighted by Gasteiger charge is -2.30. The molecule has 2 aromatic carbocycles. The zero-order valence-corrected chi connectivity index (χ0v) is 13.3. The van der Waals surface area contributed by atoms with Gasteiger partial charge in [-0.3, -0.25) is 0 Å². The summed E-state index contributed by atoms with van der Waals surface area (Å²) in [6, 6.07) is 11.8. The van der Waals surface area contributed by atoms with Gasteiger partial charge in [0, 0.05) is 19.0 Å². The molecule has 1 aromatic heterocycles. The Morgan fingerprint density at radius 2 is 2.04 bits per heavy atom. The van der Waals surface area contributed by atoms with Gasteiger partial charge in [-0.1, -0.05) is 18.2 Å². The second-order valence-electron chi connectivity index (χ2n) is 5.94. The standard InChI is InChI=1S/C19H17NO3/c1-11-5-4-6-15-17-16(19(21)23-18(11)15)14-8-7-13(22-3)9-12(14)10-20(17)2/h4-9H,10H2,1-3H3. The van der Waals surface area contributed by atoms with Crippen LogP contribution in [0.5, 0.6) is 5.75 Å². The molecular weight excluding hydrogens is 290 g/mol. The largest absolute Gasteiger partial charge is 0.497 e. The van der Waals surface area contributed by atoms with E-state index in [2.05, 4.69) is 4.90 Å². The van der Waals surface area contributed by atoms with E-state index in [1.807, 2.05) is 50.4 Å². The average molecular weight is 307 g/mol. The molecule has 116 valence electrons. The van der Waals surface area contributed by atoms with Crippen LogP contribution in [0, 0.1) is 6.92 Å². The predicted octanol–water partition coefficient (Wildman–Crippen LogP) is 3.73. The van der Waals surface area contributed by atoms with Gasteiger partial charge in [0.1, 0.15) is 11.3 Å². The lowest BCUT2D eigenvalue weighted by molar-refractivity contribution is 0.414. The molecule has 4 rings (SSSR count). The Morgan fingerprint density at radius 3 is 2.83 bits per heavy atom. The lowest BCUT2D eigenvalue weighted by atomic mass is 9.93. The lowest BCUT2D eigenvalue weighted by Crippen LogP contribution is -2.25. The SMILES string of the molecule is COc1ccc2c(c1)CN(C)c1c-2c(=O)oc2c(C)cccc12. The number of rotatable bonds is 1. The number of methoxy groups -OCH3 is 1. The van der Waals surface area contributed by atoms with E-state index in [0.29, 0.717) is 11.1 Å². The van der Waals surface area contributed by atoms with Crippen molar-refractivity contribution in [2.75, 3.05) is 19.1 Å². The van der Waals surface area contributed by atoms with Crippen LogP contribution < -0.4 is 15.3 Å². The normalized spacial score (nSPS) is 12.9. The third kappa shape index (κ3) is 1.95. The number of hydrogen-bond donors (Lipinski definition) is 0. The number of para-hydroxylation sites is 1. The fourth-order valence-corrected chi connectivity index (χ4v) is 3.39. The Hall–Kier alpha value is -2.75. The number of hydrogen-bond acceptors (Lipinski definition) is 4. The monoisotopic (exact) mass is 307 g/mol. The molecule has 0 amide bonds. The molecule has 0 atom stereocenters. The smallest absolute Gasteiger partial charge is 0.346 e. The van der Waals surface area contributed by atoms with Crippen LogP contribution in [0.3, 0.4) is 0 Å². The summed E-state index contributed by atoms with van der Waals surface area (Å²) in [6.07, 6.45) is 0. The minimum absolute atomic E-state index is 0.292. The Labute approximate surface area is 133 Å². The third-order valence-corrected chi connectivity index (χ3v) is 4.47. The number of benzene rings is 2. The van der Waals surface area contributed by atoms with E-state index in [1.54, 1.807) is 7.11 Å². The molecule has 4 heteroatoms. The first kappa shape index (κ1) is 13.9. The van der Waals surface area contributed by atoms with E-state index in [4.69, 9.17) is 9.15 Å². The molecule has 0 saturated carbocycles. The number of anilines is 1. The number of ether oxygens (including phenoxy) is 1. The molecule has 0 unspecified atom stereocenters. The molecule has 0 aliphatic carbocycles. The van der Waals surface area contributed by atoms with Gasteiger partial charge in [-0.05, 0) is 41.8 Å². The maximum atomic E-state index is 12.7. The number of nitrogens with zero attached hydrogens (tertiary/aromatic N) is 1. The maximum Gasteiger partial charge on any atom is 0.346 e. The van der Waals surface area contributed by atoms with Crippen LogP contribution in [0.25, 0.3) is 22.1 Å². The Bertz CT molecular complexity index is 988. The first-order valence-corrected chi connectivity index (χ1v) is 7.55. The molecule has 1 aliphatic rings. The van der Waals surface area contributed by atoms with Gasteiger partial charge in [-0.25, -0.2) is 4.79 Å². The van der Waals surface area contributed by atoms with Crippen LogP contribution in [0.4, 0.5) is 5.69 Å². The summed E-state index contributed by atoms with van der Waals surface area (Å²) in [7, 11) is 3.65. The number of fused-ring (bicyclic) bond motifs is 5. The van der Waals surface area contributed by atoms with E-state index in [-0.39, 0.29) is 5.63 Å². The Kier molecular flexibility index (Phi) is 2.94. The highest BCUT2D eigenvalue weighted by molar-refractivity contribution is 6.01. The molecule has 0 spiro atoms. The molecule has 0 fully saturated rings. The summed E-state index contributed by atoms with van der Waals surface area (Å²) in [5.74, 6) is 0.793. The molecule has 3 aromatic rings. The molecule has 0 radical (unpaired) electrons. The summed E-state index contributed by atoms with van der Waals surface area (Å²) in [4.78, 5) is 14.8. The molecular formula is C19H17NO3. The third-order valence-electron chi connectivity index (χ3n) is 4.47. The minimum Gasteiger partial charge on any atom is -0.497 e. The van der Waals surface area contributed by atoms with Crippen molar-refractivity contribution in [3.8, 4) is 16.9 Å². The Morgan fingerprint density at radius 1 is 1.22 bits per heavy atom. The molecule has 0 N–H and O–H groups in total. The van der Waals surface area contributed by atoms with E-state index >= 15 is 0 Å². The van der Waals surface area contributed by atoms with Gasteiger partial charge in [-0.2, -0.15) is 0 Å². The average Bonchev–Trinajstić information content (AvgIpc) is 2.55. The summed E-state index contributed by atoms with van der Waals surface area (Å²) >= 11 is 0. The summed E-state index contributed by atoms with van der Waals surface area (Å²) < 4.78 is 10.9. The van der Waals surface area contributed by atoms with Gasteiger partial charge in [0.25, 0.3) is 0 Å². The van der Waals surface area contributed by atoms with Crippen LogP contribution in [0.2, 0.25) is 0 Å². The van der Waals surface area contributed by atoms with E-state index in [9.17, 15) is 4.79 Å². The van der Waals surface area contributed by atoms with Crippen molar-refractivity contribution in [1.29, 1.82) is 0 Å². The van der Waals surface area contributed by atoms with Crippen molar-refractivity contribution in [1.82, 2.24) is 0 Å². The second-order valence-corrected chi connectivity index (χ2v) is 5.94. The highest BCUT2D eigenvalue weighted by Gasteiger charge is 2.26. The number of aryl methyl sites for hydroxylation is 1. The topological polar surface area (TPSA) is 42.7 Å². The van der Waals surface area contributed by atoms with Crippen molar-refractivity contribution < 1.29 is 9.15 Å². The molecule has 0 saturated heterocycles. The maximum absolute atomic E-state index is 12.7. The fraction of sp³-hybridized carbons (Fsp3) is 0.211. The van der Waals surface area contributed by atoms with Crippen molar-refractivity contribution >= 4 is 16.7 Å². The van der Waals surface area contributed by atoms with Gasteiger partial charge in [0.2, 0.25) is 0 Å². The van der Waals surface area contributed by atoms with Gasteiger partial charge >= 0.3 is 5.63 Å². The van der Waals surface area contributed by atoms with Crippen LogP contribution >= 0.6 is 0 Å². The van der Waals surface area contributed by atoms with Crippen LogP contribution in [0.15, 0.2) is 45.6 Å². The highest BCUT2D eigenvalue weighted by atomic mass is 16.5. The zero-order chi connectivity index (χ0) is 16.1. The summed E-state index contributed by atoms with van der Waals surface area (Å²) in [6.45, 7) is 2.69. The van der Waals surface area contributed by atoms with Gasteiger partial charge in [0.05, 0.1) is 18.4 Å². The van der Waals surface area contributed by atoms with Crippen LogP contribution in [0.1, 0.15) is 11.1 Å². The molecule has 4 nitrogen and oxygen atoms in total. The van der Waals surface area contributed by atoms with E-state index in [1.165, 1.54) is 0 Å². The van der Waals surface area contributed by atoms with Gasteiger partial charge in [0.15, 0.2) is 0 Å². The summed E-state index contributed by atoms with van der Waals surface area (Å²) in [5, 5.41) is 0.976. The van der Waals surface area contributed by atoms with Gasteiger partial charge in [-0.15, -0.1) is 0 Å². The van der Waals surface area contributed by atoms with Crippen molar-refractivity contribution in [2.24, 2.45) is 0 Å². The van der Waals surface area contributed by atoms with E-state index < -0.39 is 0 Å². The van der Waals surface area contributed by atoms with Crippen molar-refractivity contribution in [3.63, 3.8) is 0 Å². The van der Waals surface area contributed by atoms with E-state index in [0.717, 1.165) is 40.1 Å². The van der Waals surface area contributed by atoms with Crippen molar-refractivity contribution in [3.05, 3.63) is 57.9 Å². The quantitative estimate of drug-likeness (QED) is 0.643. The second kappa shape index (κ2) is 4.88. The van der Waals surface area contributed by atoms with Crippen LogP contribution in [-0.4, -0.2) is 14.2 Å². The van der Waals surface area contributed by atoms with Gasteiger partial charge < -0.3 is 14.1 Å².